The molecule has 26 heavy (non-hydrogen) atoms. The Morgan fingerprint density at radius 3 is 2.46 bits per heavy atom. The third-order valence-corrected chi connectivity index (χ3v) is 9.17. The van der Waals surface area contributed by atoms with Crippen LogP contribution >= 0.6 is 0 Å². The Kier molecular flexibility index (Phi) is 4.44. The van der Waals surface area contributed by atoms with Crippen molar-refractivity contribution in [2.24, 2.45) is 46.2 Å². The molecule has 5 heteroatoms. The molecule has 0 saturated heterocycles. The minimum absolute atomic E-state index is 0.00827. The summed E-state index contributed by atoms with van der Waals surface area (Å²) in [7, 11) is 1.49. The van der Waals surface area contributed by atoms with Crippen LogP contribution in [0.3, 0.4) is 0 Å². The zero-order valence-electron chi connectivity index (χ0n) is 16.4. The molecule has 4 aliphatic rings. The SMILES string of the molecule is COC(=O)[C@H]1CC[C@H]2[C@@H]3CC[C@H]4C[C@H](O)[C@@H](O)C[C@]4(C)[C@H]3[C@H](N)C[C@]12C. The predicted molar refractivity (Wildman–Crippen MR) is 98.0 cm³/mol. The third-order valence-electron chi connectivity index (χ3n) is 9.17. The normalized spacial score (nSPS) is 56.2. The van der Waals surface area contributed by atoms with E-state index >= 15 is 0 Å². The lowest BCUT2D eigenvalue weighted by molar-refractivity contribution is -0.171. The van der Waals surface area contributed by atoms with Gasteiger partial charge in [0.1, 0.15) is 0 Å². The van der Waals surface area contributed by atoms with Gasteiger partial charge in [-0.1, -0.05) is 13.8 Å². The van der Waals surface area contributed by atoms with Gasteiger partial charge in [-0.2, -0.15) is 0 Å². The third kappa shape index (κ3) is 2.43. The Labute approximate surface area is 156 Å². The van der Waals surface area contributed by atoms with Crippen LogP contribution in [0.25, 0.3) is 0 Å². The Morgan fingerprint density at radius 1 is 1.04 bits per heavy atom. The van der Waals surface area contributed by atoms with Crippen molar-refractivity contribution in [3.05, 3.63) is 0 Å². The molecule has 5 nitrogen and oxygen atoms in total. The molecule has 0 bridgehead atoms. The second kappa shape index (κ2) is 6.18. The van der Waals surface area contributed by atoms with E-state index in [9.17, 15) is 15.0 Å². The first kappa shape index (κ1) is 18.7. The molecule has 0 radical (unpaired) electrons. The van der Waals surface area contributed by atoms with Gasteiger partial charge in [0, 0.05) is 6.04 Å². The summed E-state index contributed by atoms with van der Waals surface area (Å²) in [5, 5.41) is 20.6. The number of carbonyl (C=O) groups is 1. The molecule has 4 saturated carbocycles. The molecule has 0 spiro atoms. The summed E-state index contributed by atoms with van der Waals surface area (Å²) < 4.78 is 5.11. The standard InChI is InChI=1S/C21H35NO4/c1-20-10-17(24)16(23)8-11(20)4-5-12-13-6-7-14(19(25)26-3)21(13,2)9-15(22)18(12)20/h11-18,23-24H,4-10,22H2,1-3H3/t11-,12-,13-,14+,15+,16-,17-,18+,20-,21-/m0/s1. The lowest BCUT2D eigenvalue weighted by Gasteiger charge is -2.63. The fourth-order valence-corrected chi connectivity index (χ4v) is 8.07. The summed E-state index contributed by atoms with van der Waals surface area (Å²) >= 11 is 0. The first-order chi connectivity index (χ1) is 12.2. The van der Waals surface area contributed by atoms with Crippen LogP contribution in [0.1, 0.15) is 58.8 Å². The van der Waals surface area contributed by atoms with E-state index in [2.05, 4.69) is 13.8 Å². The number of methoxy groups -OCH3 is 1. The molecular weight excluding hydrogens is 330 g/mol. The molecule has 4 rings (SSSR count). The minimum Gasteiger partial charge on any atom is -0.469 e. The first-order valence-corrected chi connectivity index (χ1v) is 10.4. The smallest absolute Gasteiger partial charge is 0.309 e. The average molecular weight is 366 g/mol. The Hall–Kier alpha value is -0.650. The molecule has 0 aromatic rings. The van der Waals surface area contributed by atoms with Crippen molar-refractivity contribution in [2.75, 3.05) is 7.11 Å². The fourth-order valence-electron chi connectivity index (χ4n) is 8.07. The number of hydrogen-bond donors (Lipinski definition) is 3. The average Bonchev–Trinajstić information content (AvgIpc) is 2.91. The van der Waals surface area contributed by atoms with Crippen molar-refractivity contribution in [3.8, 4) is 0 Å². The van der Waals surface area contributed by atoms with E-state index in [4.69, 9.17) is 10.5 Å². The van der Waals surface area contributed by atoms with Gasteiger partial charge in [0.25, 0.3) is 0 Å². The van der Waals surface area contributed by atoms with E-state index in [1.165, 1.54) is 7.11 Å². The highest BCUT2D eigenvalue weighted by molar-refractivity contribution is 5.73. The molecule has 4 N–H and O–H groups in total. The van der Waals surface area contributed by atoms with Crippen LogP contribution in [0.15, 0.2) is 0 Å². The highest BCUT2D eigenvalue weighted by Gasteiger charge is 2.64. The Bertz CT molecular complexity index is 582. The van der Waals surface area contributed by atoms with Crippen LogP contribution in [0.4, 0.5) is 0 Å². The Morgan fingerprint density at radius 2 is 1.77 bits per heavy atom. The second-order valence-corrected chi connectivity index (χ2v) is 10.2. The zero-order valence-corrected chi connectivity index (χ0v) is 16.4. The molecule has 0 aliphatic heterocycles. The van der Waals surface area contributed by atoms with Crippen LogP contribution in [0, 0.1) is 40.4 Å². The number of aliphatic hydroxyl groups excluding tert-OH is 2. The van der Waals surface area contributed by atoms with E-state index in [1.54, 1.807) is 0 Å². The van der Waals surface area contributed by atoms with Crippen molar-refractivity contribution in [1.82, 2.24) is 0 Å². The first-order valence-electron chi connectivity index (χ1n) is 10.4. The van der Waals surface area contributed by atoms with E-state index < -0.39 is 12.2 Å². The van der Waals surface area contributed by atoms with E-state index in [-0.39, 0.29) is 28.8 Å². The maximum Gasteiger partial charge on any atom is 0.309 e. The largest absolute Gasteiger partial charge is 0.469 e. The van der Waals surface area contributed by atoms with Crippen LogP contribution in [-0.2, 0) is 9.53 Å². The number of esters is 1. The summed E-state index contributed by atoms with van der Waals surface area (Å²) in [6.45, 7) is 4.56. The second-order valence-electron chi connectivity index (χ2n) is 10.2. The van der Waals surface area contributed by atoms with Crippen molar-refractivity contribution in [2.45, 2.75) is 77.0 Å². The topological polar surface area (TPSA) is 92.8 Å². The lowest BCUT2D eigenvalue weighted by Crippen LogP contribution is -2.63. The molecule has 0 heterocycles. The molecule has 4 fully saturated rings. The molecule has 148 valence electrons. The molecule has 0 amide bonds. The number of fused-ring (bicyclic) bond motifs is 5. The number of carbonyl (C=O) groups excluding carboxylic acids is 1. The van der Waals surface area contributed by atoms with Crippen molar-refractivity contribution in [1.29, 1.82) is 0 Å². The van der Waals surface area contributed by atoms with Gasteiger partial charge in [0.15, 0.2) is 0 Å². The number of ether oxygens (including phenoxy) is 1. The van der Waals surface area contributed by atoms with Gasteiger partial charge in [-0.25, -0.2) is 0 Å². The summed E-state index contributed by atoms with van der Waals surface area (Å²) in [5.74, 6) is 1.74. The Balaban J connectivity index is 1.66. The summed E-state index contributed by atoms with van der Waals surface area (Å²) in [6, 6.07) is 0.0433. The van der Waals surface area contributed by atoms with Crippen molar-refractivity contribution >= 4 is 5.97 Å². The monoisotopic (exact) mass is 365 g/mol. The van der Waals surface area contributed by atoms with Gasteiger partial charge in [-0.15, -0.1) is 0 Å². The van der Waals surface area contributed by atoms with Crippen molar-refractivity contribution < 1.29 is 19.7 Å². The number of hydrogen-bond acceptors (Lipinski definition) is 5. The van der Waals surface area contributed by atoms with Gasteiger partial charge in [-0.3, -0.25) is 4.79 Å². The van der Waals surface area contributed by atoms with E-state index in [1.807, 2.05) is 0 Å². The number of nitrogens with two attached hydrogens (primary N) is 1. The van der Waals surface area contributed by atoms with Crippen LogP contribution < -0.4 is 5.73 Å². The summed E-state index contributed by atoms with van der Waals surface area (Å²) in [4.78, 5) is 12.4. The van der Waals surface area contributed by atoms with Gasteiger partial charge in [-0.05, 0) is 79.4 Å². The molecule has 4 aliphatic carbocycles. The van der Waals surface area contributed by atoms with Crippen molar-refractivity contribution in [3.63, 3.8) is 0 Å². The maximum absolute atomic E-state index is 12.4. The van der Waals surface area contributed by atoms with E-state index in [0.29, 0.717) is 36.5 Å². The number of aliphatic hydroxyl groups is 2. The number of rotatable bonds is 1. The fraction of sp³-hybridized carbons (Fsp3) is 0.952. The van der Waals surface area contributed by atoms with Gasteiger partial charge < -0.3 is 20.7 Å². The van der Waals surface area contributed by atoms with Gasteiger partial charge in [0.05, 0.1) is 25.2 Å². The predicted octanol–water partition coefficient (Wildman–Crippen LogP) is 2.09. The minimum atomic E-state index is -0.637. The zero-order chi connectivity index (χ0) is 18.9. The molecule has 0 aromatic carbocycles. The maximum atomic E-state index is 12.4. The molecule has 10 atom stereocenters. The van der Waals surface area contributed by atoms with Crippen LogP contribution in [-0.4, -0.2) is 41.5 Å². The molecule has 0 aromatic heterocycles. The molecule has 0 unspecified atom stereocenters. The van der Waals surface area contributed by atoms with Gasteiger partial charge in [0.2, 0.25) is 0 Å². The van der Waals surface area contributed by atoms with Crippen LogP contribution in [0.5, 0.6) is 0 Å². The highest BCUT2D eigenvalue weighted by atomic mass is 16.5. The lowest BCUT2D eigenvalue weighted by atomic mass is 9.43. The van der Waals surface area contributed by atoms with Crippen LogP contribution in [0.2, 0.25) is 0 Å². The highest BCUT2D eigenvalue weighted by Crippen LogP contribution is 2.67. The van der Waals surface area contributed by atoms with E-state index in [0.717, 1.165) is 32.1 Å². The summed E-state index contributed by atoms with van der Waals surface area (Å²) in [5.41, 5.74) is 6.74. The quantitative estimate of drug-likeness (QED) is 0.619. The molecular formula is C21H35NO4. The summed E-state index contributed by atoms with van der Waals surface area (Å²) in [6.07, 6.45) is 5.20. The van der Waals surface area contributed by atoms with Gasteiger partial charge >= 0.3 is 5.97 Å².